The van der Waals surface area contributed by atoms with E-state index in [0.717, 1.165) is 27.1 Å². The van der Waals surface area contributed by atoms with Gasteiger partial charge >= 0.3 is 0 Å². The summed E-state index contributed by atoms with van der Waals surface area (Å²) in [5.41, 5.74) is 2.16. The quantitative estimate of drug-likeness (QED) is 0.882. The van der Waals surface area contributed by atoms with Crippen molar-refractivity contribution < 1.29 is 14.6 Å². The van der Waals surface area contributed by atoms with E-state index in [4.69, 9.17) is 9.47 Å². The van der Waals surface area contributed by atoms with Gasteiger partial charge in [-0.25, -0.2) is 0 Å². The monoisotopic (exact) mass is 349 g/mol. The highest BCUT2D eigenvalue weighted by Crippen LogP contribution is 2.40. The minimum absolute atomic E-state index is 0.140. The second kappa shape index (κ2) is 5.95. The number of hydrogen-bond acceptors (Lipinski definition) is 4. The molecule has 1 heterocycles. The van der Waals surface area contributed by atoms with Crippen molar-refractivity contribution in [3.63, 3.8) is 0 Å². The minimum atomic E-state index is 0.140. The molecule has 0 saturated carbocycles. The van der Waals surface area contributed by atoms with E-state index >= 15 is 0 Å². The first-order valence-corrected chi connectivity index (χ1v) is 7.53. The summed E-state index contributed by atoms with van der Waals surface area (Å²) in [6, 6.07) is 11.4. The normalized spacial score (nSPS) is 14.2. The van der Waals surface area contributed by atoms with Crippen LogP contribution in [0.3, 0.4) is 0 Å². The zero-order valence-corrected chi connectivity index (χ0v) is 13.2. The average Bonchev–Trinajstić information content (AvgIpc) is 2.93. The molecule has 110 valence electrons. The van der Waals surface area contributed by atoms with Gasteiger partial charge in [0.15, 0.2) is 11.5 Å². The first-order valence-electron chi connectivity index (χ1n) is 6.74. The van der Waals surface area contributed by atoms with Gasteiger partial charge in [0, 0.05) is 12.6 Å². The fourth-order valence-corrected chi connectivity index (χ4v) is 2.91. The number of ether oxygens (including phenoxy) is 2. The Labute approximate surface area is 131 Å². The molecule has 1 atom stereocenters. The van der Waals surface area contributed by atoms with Crippen LogP contribution in [0, 0.1) is 0 Å². The molecular weight excluding hydrogens is 334 g/mol. The van der Waals surface area contributed by atoms with Crippen molar-refractivity contribution >= 4 is 15.9 Å². The van der Waals surface area contributed by atoms with Gasteiger partial charge in [0.05, 0.1) is 4.47 Å². The number of phenols is 1. The molecule has 0 bridgehead atoms. The molecule has 0 spiro atoms. The molecule has 0 fully saturated rings. The number of benzene rings is 2. The van der Waals surface area contributed by atoms with Crippen molar-refractivity contribution in [2.24, 2.45) is 0 Å². The molecular formula is C16H16BrNO3. The van der Waals surface area contributed by atoms with Crippen LogP contribution in [0.2, 0.25) is 0 Å². The fourth-order valence-electron chi connectivity index (χ4n) is 2.31. The molecule has 3 rings (SSSR count). The Morgan fingerprint density at radius 1 is 1.29 bits per heavy atom. The third-order valence-electron chi connectivity index (χ3n) is 3.47. The number of aromatic hydroxyl groups is 1. The van der Waals surface area contributed by atoms with Crippen LogP contribution in [0.15, 0.2) is 40.9 Å². The topological polar surface area (TPSA) is 50.7 Å². The Kier molecular flexibility index (Phi) is 4.03. The molecule has 1 unspecified atom stereocenters. The Morgan fingerprint density at radius 3 is 2.95 bits per heavy atom. The standard InChI is InChI=1S/C16H16BrNO3/c1-10(12-3-2-4-13(19)7-12)18-8-11-5-14(17)16-15(6-11)20-9-21-16/h2-7,10,18-19H,8-9H2,1H3. The Morgan fingerprint density at radius 2 is 2.14 bits per heavy atom. The molecule has 4 nitrogen and oxygen atoms in total. The van der Waals surface area contributed by atoms with Crippen LogP contribution < -0.4 is 14.8 Å². The lowest BCUT2D eigenvalue weighted by atomic mass is 10.1. The zero-order valence-electron chi connectivity index (χ0n) is 11.6. The van der Waals surface area contributed by atoms with E-state index in [2.05, 4.69) is 28.2 Å². The van der Waals surface area contributed by atoms with Crippen molar-refractivity contribution in [2.45, 2.75) is 19.5 Å². The molecule has 0 amide bonds. The average molecular weight is 350 g/mol. The van der Waals surface area contributed by atoms with E-state index in [1.807, 2.05) is 24.3 Å². The van der Waals surface area contributed by atoms with Gasteiger partial charge in [0.25, 0.3) is 0 Å². The van der Waals surface area contributed by atoms with E-state index < -0.39 is 0 Å². The van der Waals surface area contributed by atoms with Crippen molar-refractivity contribution in [1.82, 2.24) is 5.32 Å². The third kappa shape index (κ3) is 3.14. The van der Waals surface area contributed by atoms with E-state index in [9.17, 15) is 5.11 Å². The van der Waals surface area contributed by atoms with E-state index in [1.165, 1.54) is 0 Å². The van der Waals surface area contributed by atoms with Gasteiger partial charge < -0.3 is 19.9 Å². The van der Waals surface area contributed by atoms with Gasteiger partial charge in [-0.3, -0.25) is 0 Å². The van der Waals surface area contributed by atoms with E-state index in [0.29, 0.717) is 6.54 Å². The maximum absolute atomic E-state index is 9.52. The number of nitrogens with one attached hydrogen (secondary N) is 1. The number of hydrogen-bond donors (Lipinski definition) is 2. The summed E-state index contributed by atoms with van der Waals surface area (Å²) in [7, 11) is 0. The molecule has 0 radical (unpaired) electrons. The smallest absolute Gasteiger partial charge is 0.231 e. The molecule has 0 aromatic heterocycles. The second-order valence-electron chi connectivity index (χ2n) is 5.01. The van der Waals surface area contributed by atoms with Gasteiger partial charge in [-0.15, -0.1) is 0 Å². The van der Waals surface area contributed by atoms with Gasteiger partial charge in [0.2, 0.25) is 6.79 Å². The molecule has 2 N–H and O–H groups in total. The maximum atomic E-state index is 9.52. The van der Waals surface area contributed by atoms with Crippen molar-refractivity contribution in [1.29, 1.82) is 0 Å². The largest absolute Gasteiger partial charge is 0.508 e. The lowest BCUT2D eigenvalue weighted by Crippen LogP contribution is -2.18. The van der Waals surface area contributed by atoms with Crippen LogP contribution in [0.25, 0.3) is 0 Å². The van der Waals surface area contributed by atoms with Gasteiger partial charge in [0.1, 0.15) is 5.75 Å². The summed E-state index contributed by atoms with van der Waals surface area (Å²) in [6.07, 6.45) is 0. The van der Waals surface area contributed by atoms with Crippen molar-refractivity contribution in [2.75, 3.05) is 6.79 Å². The summed E-state index contributed by atoms with van der Waals surface area (Å²) in [5, 5.41) is 13.0. The molecule has 0 aliphatic carbocycles. The fraction of sp³-hybridized carbons (Fsp3) is 0.250. The Bertz CT molecular complexity index is 660. The minimum Gasteiger partial charge on any atom is -0.508 e. The molecule has 5 heteroatoms. The predicted octanol–water partition coefficient (Wildman–Crippen LogP) is 3.73. The van der Waals surface area contributed by atoms with Crippen LogP contribution in [-0.4, -0.2) is 11.9 Å². The molecule has 2 aromatic carbocycles. The molecule has 2 aromatic rings. The second-order valence-corrected chi connectivity index (χ2v) is 5.86. The highest BCUT2D eigenvalue weighted by atomic mass is 79.9. The van der Waals surface area contributed by atoms with Crippen LogP contribution in [0.5, 0.6) is 17.2 Å². The lowest BCUT2D eigenvalue weighted by molar-refractivity contribution is 0.173. The highest BCUT2D eigenvalue weighted by Gasteiger charge is 2.18. The lowest BCUT2D eigenvalue weighted by Gasteiger charge is -2.15. The summed E-state index contributed by atoms with van der Waals surface area (Å²) < 4.78 is 11.7. The number of phenolic OH excluding ortho intramolecular Hbond substituents is 1. The number of fused-ring (bicyclic) bond motifs is 1. The zero-order chi connectivity index (χ0) is 14.8. The van der Waals surface area contributed by atoms with E-state index in [1.54, 1.807) is 12.1 Å². The summed E-state index contributed by atoms with van der Waals surface area (Å²) in [6.45, 7) is 3.04. The molecule has 0 saturated heterocycles. The summed E-state index contributed by atoms with van der Waals surface area (Å²) in [4.78, 5) is 0. The van der Waals surface area contributed by atoms with Gasteiger partial charge in [-0.05, 0) is 58.2 Å². The van der Waals surface area contributed by atoms with Crippen molar-refractivity contribution in [3.8, 4) is 17.2 Å². The SMILES string of the molecule is CC(NCc1cc(Br)c2c(c1)OCO2)c1cccc(O)c1. The summed E-state index contributed by atoms with van der Waals surface area (Å²) in [5.74, 6) is 1.82. The maximum Gasteiger partial charge on any atom is 0.231 e. The van der Waals surface area contributed by atoms with Gasteiger partial charge in [-0.2, -0.15) is 0 Å². The van der Waals surface area contributed by atoms with E-state index in [-0.39, 0.29) is 18.6 Å². The van der Waals surface area contributed by atoms with Crippen molar-refractivity contribution in [3.05, 3.63) is 52.0 Å². The Hall–Kier alpha value is -1.72. The van der Waals surface area contributed by atoms with Crippen LogP contribution in [0.4, 0.5) is 0 Å². The predicted molar refractivity (Wildman–Crippen MR) is 83.6 cm³/mol. The summed E-state index contributed by atoms with van der Waals surface area (Å²) >= 11 is 3.49. The highest BCUT2D eigenvalue weighted by molar-refractivity contribution is 9.10. The third-order valence-corrected chi connectivity index (χ3v) is 4.06. The van der Waals surface area contributed by atoms with Crippen LogP contribution in [0.1, 0.15) is 24.1 Å². The molecule has 1 aliphatic rings. The molecule has 1 aliphatic heterocycles. The van der Waals surface area contributed by atoms with Crippen LogP contribution >= 0.6 is 15.9 Å². The van der Waals surface area contributed by atoms with Crippen LogP contribution in [-0.2, 0) is 6.54 Å². The first-order chi connectivity index (χ1) is 10.1. The first kappa shape index (κ1) is 14.2. The molecule has 21 heavy (non-hydrogen) atoms. The Balaban J connectivity index is 1.69. The van der Waals surface area contributed by atoms with Gasteiger partial charge in [-0.1, -0.05) is 12.1 Å². The number of rotatable bonds is 4. The number of halogens is 1.